The highest BCUT2D eigenvalue weighted by Crippen LogP contribution is 2.27. The molecule has 0 atom stereocenters. The number of hydrogen-bond donors (Lipinski definition) is 1. The third-order valence-corrected chi connectivity index (χ3v) is 2.61. The number of aromatic nitrogens is 2. The van der Waals surface area contributed by atoms with E-state index in [-0.39, 0.29) is 5.41 Å². The molecular weight excluding hydrogens is 172 g/mol. The molecule has 1 rings (SSSR count). The molecule has 0 aliphatic heterocycles. The van der Waals surface area contributed by atoms with Crippen molar-refractivity contribution in [1.29, 1.82) is 0 Å². The monoisotopic (exact) mass is 190 g/mol. The molecular formula is C12H18N2. The summed E-state index contributed by atoms with van der Waals surface area (Å²) < 4.78 is 0. The Morgan fingerprint density at radius 2 is 2.29 bits per heavy atom. The molecule has 0 aliphatic rings. The van der Waals surface area contributed by atoms with Crippen molar-refractivity contribution in [2.75, 3.05) is 0 Å². The van der Waals surface area contributed by atoms with Crippen LogP contribution in [0.4, 0.5) is 0 Å². The van der Waals surface area contributed by atoms with Crippen LogP contribution in [0.2, 0.25) is 0 Å². The van der Waals surface area contributed by atoms with Gasteiger partial charge in [-0.2, -0.15) is 5.10 Å². The second-order valence-electron chi connectivity index (χ2n) is 4.30. The first kappa shape index (κ1) is 10.8. The molecule has 0 saturated heterocycles. The summed E-state index contributed by atoms with van der Waals surface area (Å²) in [6.07, 6.45) is 8.89. The maximum Gasteiger partial charge on any atom is 0.135 e. The van der Waals surface area contributed by atoms with Gasteiger partial charge in [-0.1, -0.05) is 33.6 Å². The van der Waals surface area contributed by atoms with E-state index in [1.165, 1.54) is 12.8 Å². The van der Waals surface area contributed by atoms with Crippen molar-refractivity contribution >= 4 is 0 Å². The van der Waals surface area contributed by atoms with Crippen LogP contribution >= 0.6 is 0 Å². The summed E-state index contributed by atoms with van der Waals surface area (Å²) in [7, 11) is 0. The van der Waals surface area contributed by atoms with E-state index in [4.69, 9.17) is 6.42 Å². The quantitative estimate of drug-likeness (QED) is 0.727. The van der Waals surface area contributed by atoms with E-state index in [1.54, 1.807) is 0 Å². The highest BCUT2D eigenvalue weighted by atomic mass is 15.1. The van der Waals surface area contributed by atoms with Crippen LogP contribution in [0.3, 0.4) is 0 Å². The second-order valence-corrected chi connectivity index (χ2v) is 4.30. The molecule has 76 valence electrons. The largest absolute Gasteiger partial charge is 0.281 e. The topological polar surface area (TPSA) is 28.7 Å². The van der Waals surface area contributed by atoms with Gasteiger partial charge in [-0.3, -0.25) is 5.10 Å². The highest BCUT2D eigenvalue weighted by molar-refractivity contribution is 5.28. The van der Waals surface area contributed by atoms with Gasteiger partial charge in [0, 0.05) is 11.1 Å². The van der Waals surface area contributed by atoms with Gasteiger partial charge in [0.05, 0.1) is 0 Å². The summed E-state index contributed by atoms with van der Waals surface area (Å²) in [5, 5.41) is 7.06. The van der Waals surface area contributed by atoms with Crippen molar-refractivity contribution < 1.29 is 0 Å². The summed E-state index contributed by atoms with van der Waals surface area (Å²) in [6, 6.07) is 1.97. The average Bonchev–Trinajstić information content (AvgIpc) is 2.63. The molecule has 0 spiro atoms. The van der Waals surface area contributed by atoms with E-state index in [2.05, 4.69) is 36.9 Å². The van der Waals surface area contributed by atoms with E-state index >= 15 is 0 Å². The van der Waals surface area contributed by atoms with E-state index in [9.17, 15) is 0 Å². The van der Waals surface area contributed by atoms with Gasteiger partial charge >= 0.3 is 0 Å². The standard InChI is InChI=1S/C12H18N2/c1-5-7-8-12(3,4)11-9-10(6-2)13-14-11/h2,9H,5,7-8H2,1,3-4H3,(H,13,14). The zero-order chi connectivity index (χ0) is 10.6. The van der Waals surface area contributed by atoms with E-state index in [0.29, 0.717) is 5.69 Å². The second kappa shape index (κ2) is 4.32. The SMILES string of the molecule is C#Cc1cc(C(C)(C)CCCC)[nH]n1. The summed E-state index contributed by atoms with van der Waals surface area (Å²) >= 11 is 0. The summed E-state index contributed by atoms with van der Waals surface area (Å²) in [4.78, 5) is 0. The predicted octanol–water partition coefficient (Wildman–Crippen LogP) is 2.86. The molecule has 1 aromatic heterocycles. The molecule has 1 N–H and O–H groups in total. The highest BCUT2D eigenvalue weighted by Gasteiger charge is 2.21. The lowest BCUT2D eigenvalue weighted by atomic mass is 9.84. The molecule has 0 saturated carbocycles. The van der Waals surface area contributed by atoms with Gasteiger partial charge in [0.15, 0.2) is 0 Å². The normalized spacial score (nSPS) is 11.3. The molecule has 2 nitrogen and oxygen atoms in total. The zero-order valence-electron chi connectivity index (χ0n) is 9.22. The Morgan fingerprint density at radius 3 is 2.79 bits per heavy atom. The maximum atomic E-state index is 5.27. The van der Waals surface area contributed by atoms with Gasteiger partial charge in [0.1, 0.15) is 5.69 Å². The number of H-pyrrole nitrogens is 1. The van der Waals surface area contributed by atoms with E-state index < -0.39 is 0 Å². The molecule has 2 heteroatoms. The smallest absolute Gasteiger partial charge is 0.135 e. The van der Waals surface area contributed by atoms with Gasteiger partial charge in [0.25, 0.3) is 0 Å². The third kappa shape index (κ3) is 2.38. The van der Waals surface area contributed by atoms with Crippen LogP contribution in [0, 0.1) is 12.3 Å². The number of nitrogens with zero attached hydrogens (tertiary/aromatic N) is 1. The first-order chi connectivity index (χ1) is 6.60. The summed E-state index contributed by atoms with van der Waals surface area (Å²) in [5.74, 6) is 2.53. The van der Waals surface area contributed by atoms with Gasteiger partial charge in [-0.05, 0) is 18.4 Å². The van der Waals surface area contributed by atoms with Crippen LogP contribution in [0.1, 0.15) is 51.4 Å². The van der Waals surface area contributed by atoms with Crippen LogP contribution in [0.25, 0.3) is 0 Å². The Kier molecular flexibility index (Phi) is 3.35. The molecule has 0 aromatic carbocycles. The zero-order valence-corrected chi connectivity index (χ0v) is 9.22. The minimum Gasteiger partial charge on any atom is -0.281 e. The van der Waals surface area contributed by atoms with Crippen LogP contribution in [0.15, 0.2) is 6.07 Å². The van der Waals surface area contributed by atoms with Crippen LogP contribution < -0.4 is 0 Å². The number of terminal acetylenes is 1. The molecule has 0 fully saturated rings. The number of aromatic amines is 1. The number of hydrogen-bond acceptors (Lipinski definition) is 1. The fraction of sp³-hybridized carbons (Fsp3) is 0.583. The third-order valence-electron chi connectivity index (χ3n) is 2.61. The Labute approximate surface area is 86.1 Å². The Bertz CT molecular complexity index is 328. The van der Waals surface area contributed by atoms with E-state index in [0.717, 1.165) is 12.1 Å². The van der Waals surface area contributed by atoms with Crippen LogP contribution in [0.5, 0.6) is 0 Å². The Balaban J connectivity index is 2.76. The van der Waals surface area contributed by atoms with Crippen molar-refractivity contribution in [3.63, 3.8) is 0 Å². The molecule has 0 radical (unpaired) electrons. The predicted molar refractivity (Wildman–Crippen MR) is 59.1 cm³/mol. The van der Waals surface area contributed by atoms with Gasteiger partial charge in [-0.25, -0.2) is 0 Å². The summed E-state index contributed by atoms with van der Waals surface area (Å²) in [6.45, 7) is 6.64. The Morgan fingerprint density at radius 1 is 1.57 bits per heavy atom. The molecule has 0 aliphatic carbocycles. The van der Waals surface area contributed by atoms with Gasteiger partial charge < -0.3 is 0 Å². The van der Waals surface area contributed by atoms with Crippen molar-refractivity contribution in [1.82, 2.24) is 10.2 Å². The fourth-order valence-corrected chi connectivity index (χ4v) is 1.50. The minimum absolute atomic E-state index is 0.151. The minimum atomic E-state index is 0.151. The van der Waals surface area contributed by atoms with Crippen molar-refractivity contribution in [2.24, 2.45) is 0 Å². The number of unbranched alkanes of at least 4 members (excludes halogenated alkanes) is 1. The first-order valence-electron chi connectivity index (χ1n) is 5.12. The van der Waals surface area contributed by atoms with Gasteiger partial charge in [-0.15, -0.1) is 6.42 Å². The molecule has 0 bridgehead atoms. The maximum absolute atomic E-state index is 5.27. The molecule has 1 heterocycles. The first-order valence-corrected chi connectivity index (χ1v) is 5.12. The Hall–Kier alpha value is -1.23. The van der Waals surface area contributed by atoms with E-state index in [1.807, 2.05) is 6.07 Å². The molecule has 1 aromatic rings. The number of rotatable bonds is 4. The van der Waals surface area contributed by atoms with Crippen molar-refractivity contribution in [3.8, 4) is 12.3 Å². The van der Waals surface area contributed by atoms with Gasteiger partial charge in [0.2, 0.25) is 0 Å². The van der Waals surface area contributed by atoms with Crippen molar-refractivity contribution in [2.45, 2.75) is 45.4 Å². The average molecular weight is 190 g/mol. The molecule has 0 unspecified atom stereocenters. The number of nitrogens with one attached hydrogen (secondary N) is 1. The lowest BCUT2D eigenvalue weighted by Gasteiger charge is -2.22. The fourth-order valence-electron chi connectivity index (χ4n) is 1.50. The lowest BCUT2D eigenvalue weighted by molar-refractivity contribution is 0.445. The lowest BCUT2D eigenvalue weighted by Crippen LogP contribution is -2.17. The van der Waals surface area contributed by atoms with Crippen molar-refractivity contribution in [3.05, 3.63) is 17.5 Å². The van der Waals surface area contributed by atoms with Crippen LogP contribution in [-0.4, -0.2) is 10.2 Å². The summed E-state index contributed by atoms with van der Waals surface area (Å²) in [5.41, 5.74) is 1.99. The molecule has 14 heavy (non-hydrogen) atoms. The van der Waals surface area contributed by atoms with Crippen LogP contribution in [-0.2, 0) is 5.41 Å². The molecule has 0 amide bonds.